The standard InChI is InChI=1S/C12H23N3/c1-12(2,13-3)10-15(4)8-6-11-5-7-14-9-11/h5,7,9,13-14H,6,8,10H2,1-4H3. The number of nitrogens with zero attached hydrogens (tertiary/aromatic N) is 1. The molecule has 0 atom stereocenters. The van der Waals surface area contributed by atoms with Crippen LogP contribution in [0.15, 0.2) is 18.5 Å². The lowest BCUT2D eigenvalue weighted by Crippen LogP contribution is -2.46. The minimum Gasteiger partial charge on any atom is -0.367 e. The topological polar surface area (TPSA) is 31.1 Å². The van der Waals surface area contributed by atoms with E-state index >= 15 is 0 Å². The van der Waals surface area contributed by atoms with E-state index in [-0.39, 0.29) is 5.54 Å². The van der Waals surface area contributed by atoms with Gasteiger partial charge in [0.25, 0.3) is 0 Å². The number of H-pyrrole nitrogens is 1. The zero-order chi connectivity index (χ0) is 11.3. The normalized spacial score (nSPS) is 12.3. The molecule has 0 radical (unpaired) electrons. The SMILES string of the molecule is CNC(C)(C)CN(C)CCc1cc[nH]c1. The van der Waals surface area contributed by atoms with Gasteiger partial charge in [-0.1, -0.05) is 0 Å². The lowest BCUT2D eigenvalue weighted by Gasteiger charge is -2.29. The second-order valence-corrected chi connectivity index (χ2v) is 4.84. The third-order valence-corrected chi connectivity index (χ3v) is 2.79. The molecule has 1 aromatic rings. The van der Waals surface area contributed by atoms with E-state index in [9.17, 15) is 0 Å². The van der Waals surface area contributed by atoms with Crippen LogP contribution in [0, 0.1) is 0 Å². The summed E-state index contributed by atoms with van der Waals surface area (Å²) >= 11 is 0. The van der Waals surface area contributed by atoms with Gasteiger partial charge in [0.15, 0.2) is 0 Å². The molecule has 86 valence electrons. The average Bonchev–Trinajstić information content (AvgIpc) is 2.66. The van der Waals surface area contributed by atoms with Crippen LogP contribution in [0.5, 0.6) is 0 Å². The van der Waals surface area contributed by atoms with Crippen molar-refractivity contribution in [3.05, 3.63) is 24.0 Å². The highest BCUT2D eigenvalue weighted by Crippen LogP contribution is 2.05. The van der Waals surface area contributed by atoms with E-state index in [1.807, 2.05) is 13.2 Å². The maximum absolute atomic E-state index is 3.32. The maximum atomic E-state index is 3.32. The molecule has 2 N–H and O–H groups in total. The first-order valence-corrected chi connectivity index (χ1v) is 5.52. The number of nitrogens with one attached hydrogen (secondary N) is 2. The Bertz CT molecular complexity index is 264. The van der Waals surface area contributed by atoms with Crippen LogP contribution in [0.1, 0.15) is 19.4 Å². The van der Waals surface area contributed by atoms with Crippen molar-refractivity contribution in [2.24, 2.45) is 0 Å². The molecular weight excluding hydrogens is 186 g/mol. The molecule has 0 spiro atoms. The lowest BCUT2D eigenvalue weighted by molar-refractivity contribution is 0.246. The largest absolute Gasteiger partial charge is 0.367 e. The predicted molar refractivity (Wildman–Crippen MR) is 65.1 cm³/mol. The number of aromatic nitrogens is 1. The highest BCUT2D eigenvalue weighted by Gasteiger charge is 2.16. The van der Waals surface area contributed by atoms with Crippen LogP contribution in [0.4, 0.5) is 0 Å². The van der Waals surface area contributed by atoms with Crippen molar-refractivity contribution < 1.29 is 0 Å². The van der Waals surface area contributed by atoms with Crippen LogP contribution >= 0.6 is 0 Å². The van der Waals surface area contributed by atoms with Gasteiger partial charge in [0.05, 0.1) is 0 Å². The molecule has 1 aromatic heterocycles. The van der Waals surface area contributed by atoms with E-state index in [2.05, 4.69) is 48.4 Å². The Hall–Kier alpha value is -0.800. The predicted octanol–water partition coefficient (Wildman–Crippen LogP) is 1.49. The molecule has 0 saturated heterocycles. The summed E-state index contributed by atoms with van der Waals surface area (Å²) in [5.74, 6) is 0. The van der Waals surface area contributed by atoms with Crippen LogP contribution < -0.4 is 5.32 Å². The zero-order valence-electron chi connectivity index (χ0n) is 10.3. The quantitative estimate of drug-likeness (QED) is 0.743. The van der Waals surface area contributed by atoms with Gasteiger partial charge < -0.3 is 15.2 Å². The Morgan fingerprint density at radius 3 is 2.73 bits per heavy atom. The summed E-state index contributed by atoms with van der Waals surface area (Å²) in [6, 6.07) is 2.14. The molecule has 0 aliphatic carbocycles. The Morgan fingerprint density at radius 2 is 2.20 bits per heavy atom. The molecule has 15 heavy (non-hydrogen) atoms. The minimum atomic E-state index is 0.187. The molecule has 3 nitrogen and oxygen atoms in total. The molecule has 0 unspecified atom stereocenters. The second kappa shape index (κ2) is 5.33. The summed E-state index contributed by atoms with van der Waals surface area (Å²) < 4.78 is 0. The Labute approximate surface area is 92.9 Å². The fourth-order valence-electron chi connectivity index (χ4n) is 1.67. The van der Waals surface area contributed by atoms with Gasteiger partial charge >= 0.3 is 0 Å². The molecular formula is C12H23N3. The molecule has 0 amide bonds. The molecule has 0 aliphatic rings. The first kappa shape index (κ1) is 12.3. The number of likely N-dealkylation sites (N-methyl/N-ethyl adjacent to an activating group) is 2. The molecule has 0 fully saturated rings. The first-order chi connectivity index (χ1) is 7.03. The fourth-order valence-corrected chi connectivity index (χ4v) is 1.67. The third-order valence-electron chi connectivity index (χ3n) is 2.79. The molecule has 0 saturated carbocycles. The van der Waals surface area contributed by atoms with Gasteiger partial charge in [-0.3, -0.25) is 0 Å². The van der Waals surface area contributed by atoms with E-state index in [1.165, 1.54) is 5.56 Å². The summed E-state index contributed by atoms with van der Waals surface area (Å²) in [6.07, 6.45) is 5.16. The average molecular weight is 209 g/mol. The van der Waals surface area contributed by atoms with Gasteiger partial charge in [0, 0.05) is 31.0 Å². The number of hydrogen-bond donors (Lipinski definition) is 2. The zero-order valence-corrected chi connectivity index (χ0v) is 10.3. The van der Waals surface area contributed by atoms with Crippen molar-refractivity contribution in [2.75, 3.05) is 27.2 Å². The molecule has 0 aromatic carbocycles. The lowest BCUT2D eigenvalue weighted by atomic mass is 10.1. The monoisotopic (exact) mass is 209 g/mol. The molecule has 0 aliphatic heterocycles. The Morgan fingerprint density at radius 1 is 1.47 bits per heavy atom. The van der Waals surface area contributed by atoms with Crippen molar-refractivity contribution in [1.82, 2.24) is 15.2 Å². The van der Waals surface area contributed by atoms with Gasteiger partial charge in [-0.15, -0.1) is 0 Å². The summed E-state index contributed by atoms with van der Waals surface area (Å²) in [4.78, 5) is 5.45. The van der Waals surface area contributed by atoms with Gasteiger partial charge in [-0.05, 0) is 46.0 Å². The van der Waals surface area contributed by atoms with Crippen LogP contribution in [0.3, 0.4) is 0 Å². The van der Waals surface area contributed by atoms with E-state index < -0.39 is 0 Å². The first-order valence-electron chi connectivity index (χ1n) is 5.52. The summed E-state index contributed by atoms with van der Waals surface area (Å²) in [6.45, 7) is 6.61. The molecule has 3 heteroatoms. The highest BCUT2D eigenvalue weighted by molar-refractivity contribution is 5.08. The van der Waals surface area contributed by atoms with Crippen molar-refractivity contribution in [1.29, 1.82) is 0 Å². The van der Waals surface area contributed by atoms with E-state index in [4.69, 9.17) is 0 Å². The van der Waals surface area contributed by atoms with Crippen LogP contribution in [-0.2, 0) is 6.42 Å². The second-order valence-electron chi connectivity index (χ2n) is 4.84. The summed E-state index contributed by atoms with van der Waals surface area (Å²) in [7, 11) is 4.19. The Kier molecular flexibility index (Phi) is 4.36. The minimum absolute atomic E-state index is 0.187. The number of hydrogen-bond acceptors (Lipinski definition) is 2. The number of rotatable bonds is 6. The van der Waals surface area contributed by atoms with Gasteiger partial charge in [0.1, 0.15) is 0 Å². The fraction of sp³-hybridized carbons (Fsp3) is 0.667. The third kappa shape index (κ3) is 4.49. The van der Waals surface area contributed by atoms with Gasteiger partial charge in [0.2, 0.25) is 0 Å². The van der Waals surface area contributed by atoms with E-state index in [1.54, 1.807) is 0 Å². The summed E-state index contributed by atoms with van der Waals surface area (Å²) in [5, 5.41) is 3.32. The van der Waals surface area contributed by atoms with Crippen molar-refractivity contribution >= 4 is 0 Å². The van der Waals surface area contributed by atoms with Crippen molar-refractivity contribution in [3.63, 3.8) is 0 Å². The molecule has 0 bridgehead atoms. The smallest absolute Gasteiger partial charge is 0.0249 e. The van der Waals surface area contributed by atoms with Crippen LogP contribution in [0.25, 0.3) is 0 Å². The highest BCUT2D eigenvalue weighted by atomic mass is 15.1. The van der Waals surface area contributed by atoms with Crippen molar-refractivity contribution in [3.8, 4) is 0 Å². The van der Waals surface area contributed by atoms with Crippen molar-refractivity contribution in [2.45, 2.75) is 25.8 Å². The van der Waals surface area contributed by atoms with Gasteiger partial charge in [-0.25, -0.2) is 0 Å². The van der Waals surface area contributed by atoms with Crippen LogP contribution in [0.2, 0.25) is 0 Å². The molecule has 1 heterocycles. The van der Waals surface area contributed by atoms with E-state index in [0.717, 1.165) is 19.5 Å². The number of aromatic amines is 1. The van der Waals surface area contributed by atoms with E-state index in [0.29, 0.717) is 0 Å². The van der Waals surface area contributed by atoms with Crippen LogP contribution in [-0.4, -0.2) is 42.6 Å². The summed E-state index contributed by atoms with van der Waals surface area (Å²) in [5.41, 5.74) is 1.57. The Balaban J connectivity index is 2.27. The maximum Gasteiger partial charge on any atom is 0.0249 e. The molecule has 1 rings (SSSR count). The van der Waals surface area contributed by atoms with Gasteiger partial charge in [-0.2, -0.15) is 0 Å².